The molecule has 2 N–H and O–H groups in total. The Kier molecular flexibility index (Phi) is 4.46. The SMILES string of the molecule is CC(C)S(=O)(=O)NCC(O)c1ccccc1. The summed E-state index contributed by atoms with van der Waals surface area (Å²) in [6.45, 7) is 3.19. The summed E-state index contributed by atoms with van der Waals surface area (Å²) in [5.41, 5.74) is 0.703. The highest BCUT2D eigenvalue weighted by molar-refractivity contribution is 7.90. The Balaban J connectivity index is 2.58. The van der Waals surface area contributed by atoms with Gasteiger partial charge in [0.2, 0.25) is 10.0 Å². The van der Waals surface area contributed by atoms with Crippen molar-refractivity contribution in [3.8, 4) is 0 Å². The molecule has 1 atom stereocenters. The minimum absolute atomic E-state index is 0.00449. The summed E-state index contributed by atoms with van der Waals surface area (Å²) in [5, 5.41) is 9.25. The molecule has 0 aliphatic heterocycles. The van der Waals surface area contributed by atoms with Crippen molar-refractivity contribution in [1.82, 2.24) is 4.72 Å². The summed E-state index contributed by atoms with van der Waals surface area (Å²) < 4.78 is 25.3. The Morgan fingerprint density at radius 1 is 1.25 bits per heavy atom. The van der Waals surface area contributed by atoms with Crippen LogP contribution >= 0.6 is 0 Å². The molecule has 1 rings (SSSR count). The normalized spacial score (nSPS) is 14.0. The van der Waals surface area contributed by atoms with Crippen LogP contribution in [0, 0.1) is 0 Å². The lowest BCUT2D eigenvalue weighted by atomic mass is 10.1. The predicted molar refractivity (Wildman–Crippen MR) is 63.5 cm³/mol. The first-order valence-corrected chi connectivity index (χ1v) is 6.69. The van der Waals surface area contributed by atoms with Crippen LogP contribution in [0.4, 0.5) is 0 Å². The smallest absolute Gasteiger partial charge is 0.214 e. The highest BCUT2D eigenvalue weighted by atomic mass is 32.2. The van der Waals surface area contributed by atoms with Crippen LogP contribution in [0.3, 0.4) is 0 Å². The number of hydrogen-bond donors (Lipinski definition) is 2. The van der Waals surface area contributed by atoms with Gasteiger partial charge >= 0.3 is 0 Å². The number of hydrogen-bond acceptors (Lipinski definition) is 3. The van der Waals surface area contributed by atoms with Gasteiger partial charge in [0.05, 0.1) is 11.4 Å². The monoisotopic (exact) mass is 243 g/mol. The zero-order valence-corrected chi connectivity index (χ0v) is 10.2. The van der Waals surface area contributed by atoms with Gasteiger partial charge < -0.3 is 5.11 Å². The fraction of sp³-hybridized carbons (Fsp3) is 0.455. The number of sulfonamides is 1. The molecule has 0 bridgehead atoms. The van der Waals surface area contributed by atoms with E-state index in [1.165, 1.54) is 0 Å². The third kappa shape index (κ3) is 3.59. The summed E-state index contributed by atoms with van der Waals surface area (Å²) in [6, 6.07) is 8.96. The van der Waals surface area contributed by atoms with E-state index >= 15 is 0 Å². The number of benzene rings is 1. The Morgan fingerprint density at radius 3 is 2.31 bits per heavy atom. The predicted octanol–water partition coefficient (Wildman–Crippen LogP) is 1.05. The van der Waals surface area contributed by atoms with Gasteiger partial charge in [0, 0.05) is 6.54 Å². The van der Waals surface area contributed by atoms with Gasteiger partial charge in [-0.2, -0.15) is 0 Å². The molecule has 1 aromatic carbocycles. The second-order valence-electron chi connectivity index (χ2n) is 3.87. The molecule has 0 aromatic heterocycles. The molecule has 5 heteroatoms. The standard InChI is InChI=1S/C11H17NO3S/c1-9(2)16(14,15)12-8-11(13)10-6-4-3-5-7-10/h3-7,9,11-13H,8H2,1-2H3. The van der Waals surface area contributed by atoms with Gasteiger partial charge in [-0.05, 0) is 19.4 Å². The fourth-order valence-electron chi connectivity index (χ4n) is 1.15. The molecule has 0 amide bonds. The van der Waals surface area contributed by atoms with Gasteiger partial charge in [0.25, 0.3) is 0 Å². The summed E-state index contributed by atoms with van der Waals surface area (Å²) in [6.07, 6.45) is -0.810. The molecule has 0 spiro atoms. The van der Waals surface area contributed by atoms with Crippen LogP contribution in [0.1, 0.15) is 25.5 Å². The molecule has 0 saturated carbocycles. The molecular weight excluding hydrogens is 226 g/mol. The fourth-order valence-corrected chi connectivity index (χ4v) is 1.88. The summed E-state index contributed by atoms with van der Waals surface area (Å²) >= 11 is 0. The van der Waals surface area contributed by atoms with E-state index in [1.54, 1.807) is 38.1 Å². The van der Waals surface area contributed by atoms with Crippen molar-refractivity contribution >= 4 is 10.0 Å². The molecular formula is C11H17NO3S. The lowest BCUT2D eigenvalue weighted by Gasteiger charge is -2.14. The van der Waals surface area contributed by atoms with Gasteiger partial charge in [0.15, 0.2) is 0 Å². The first-order valence-electron chi connectivity index (χ1n) is 5.15. The summed E-state index contributed by atoms with van der Waals surface area (Å²) in [7, 11) is -3.31. The number of nitrogens with one attached hydrogen (secondary N) is 1. The minimum atomic E-state index is -3.31. The Hall–Kier alpha value is -0.910. The van der Waals surface area contributed by atoms with Gasteiger partial charge in [-0.1, -0.05) is 30.3 Å². The van der Waals surface area contributed by atoms with Crippen LogP contribution in [0.15, 0.2) is 30.3 Å². The molecule has 0 radical (unpaired) electrons. The van der Waals surface area contributed by atoms with Crippen molar-refractivity contribution in [2.24, 2.45) is 0 Å². The van der Waals surface area contributed by atoms with Crippen molar-refractivity contribution in [2.75, 3.05) is 6.54 Å². The van der Waals surface area contributed by atoms with E-state index in [0.29, 0.717) is 5.56 Å². The molecule has 0 aliphatic rings. The van der Waals surface area contributed by atoms with E-state index in [-0.39, 0.29) is 6.54 Å². The van der Waals surface area contributed by atoms with Crippen LogP contribution in [-0.4, -0.2) is 25.3 Å². The van der Waals surface area contributed by atoms with Crippen LogP contribution < -0.4 is 4.72 Å². The molecule has 1 aromatic rings. The molecule has 0 aliphatic carbocycles. The molecule has 90 valence electrons. The van der Waals surface area contributed by atoms with E-state index in [9.17, 15) is 13.5 Å². The Labute approximate surface area is 96.4 Å². The van der Waals surface area contributed by atoms with Crippen molar-refractivity contribution in [3.05, 3.63) is 35.9 Å². The van der Waals surface area contributed by atoms with E-state index < -0.39 is 21.4 Å². The highest BCUT2D eigenvalue weighted by Gasteiger charge is 2.17. The maximum atomic E-state index is 11.4. The largest absolute Gasteiger partial charge is 0.387 e. The van der Waals surface area contributed by atoms with Crippen molar-refractivity contribution in [2.45, 2.75) is 25.2 Å². The maximum absolute atomic E-state index is 11.4. The van der Waals surface area contributed by atoms with Crippen molar-refractivity contribution < 1.29 is 13.5 Å². The molecule has 0 heterocycles. The first kappa shape index (κ1) is 13.2. The third-order valence-electron chi connectivity index (χ3n) is 2.28. The number of aliphatic hydroxyl groups excluding tert-OH is 1. The van der Waals surface area contributed by atoms with Crippen molar-refractivity contribution in [1.29, 1.82) is 0 Å². The van der Waals surface area contributed by atoms with Gasteiger partial charge in [0.1, 0.15) is 0 Å². The van der Waals surface area contributed by atoms with Gasteiger partial charge in [-0.3, -0.25) is 0 Å². The van der Waals surface area contributed by atoms with Crippen LogP contribution in [0.25, 0.3) is 0 Å². The lowest BCUT2D eigenvalue weighted by molar-refractivity contribution is 0.182. The molecule has 4 nitrogen and oxygen atoms in total. The molecule has 0 saturated heterocycles. The summed E-state index contributed by atoms with van der Waals surface area (Å²) in [5.74, 6) is 0. The maximum Gasteiger partial charge on any atom is 0.214 e. The lowest BCUT2D eigenvalue weighted by Crippen LogP contribution is -2.33. The van der Waals surface area contributed by atoms with E-state index in [1.807, 2.05) is 6.07 Å². The summed E-state index contributed by atoms with van der Waals surface area (Å²) in [4.78, 5) is 0. The Morgan fingerprint density at radius 2 is 1.81 bits per heavy atom. The average molecular weight is 243 g/mol. The number of rotatable bonds is 5. The van der Waals surface area contributed by atoms with Crippen molar-refractivity contribution in [3.63, 3.8) is 0 Å². The Bertz CT molecular complexity index is 414. The zero-order valence-electron chi connectivity index (χ0n) is 9.42. The molecule has 0 fully saturated rings. The first-order chi connectivity index (χ1) is 7.43. The molecule has 1 unspecified atom stereocenters. The van der Waals surface area contributed by atoms with Crippen LogP contribution in [-0.2, 0) is 10.0 Å². The number of aliphatic hydroxyl groups is 1. The average Bonchev–Trinajstić information content (AvgIpc) is 2.27. The second kappa shape index (κ2) is 5.43. The van der Waals surface area contributed by atoms with Gasteiger partial charge in [-0.15, -0.1) is 0 Å². The topological polar surface area (TPSA) is 66.4 Å². The van der Waals surface area contributed by atoms with Gasteiger partial charge in [-0.25, -0.2) is 13.1 Å². The van der Waals surface area contributed by atoms with Crippen LogP contribution in [0.2, 0.25) is 0 Å². The minimum Gasteiger partial charge on any atom is -0.387 e. The highest BCUT2D eigenvalue weighted by Crippen LogP contribution is 2.11. The van der Waals surface area contributed by atoms with E-state index in [2.05, 4.69) is 4.72 Å². The zero-order chi connectivity index (χ0) is 12.2. The van der Waals surface area contributed by atoms with Crippen LogP contribution in [0.5, 0.6) is 0 Å². The molecule has 16 heavy (non-hydrogen) atoms. The van der Waals surface area contributed by atoms with E-state index in [4.69, 9.17) is 0 Å². The quantitative estimate of drug-likeness (QED) is 0.812. The second-order valence-corrected chi connectivity index (χ2v) is 6.19. The van der Waals surface area contributed by atoms with E-state index in [0.717, 1.165) is 0 Å². The third-order valence-corrected chi connectivity index (χ3v) is 4.09.